The number of carbonyl (C=O) groups excluding carboxylic acids is 1. The molecule has 5 aromatic rings. The molecule has 40 heavy (non-hydrogen) atoms. The molecule has 0 fully saturated rings. The zero-order valence-electron chi connectivity index (χ0n) is 21.6. The van der Waals surface area contributed by atoms with Crippen molar-refractivity contribution >= 4 is 41.0 Å². The Labute approximate surface area is 237 Å². The zero-order chi connectivity index (χ0) is 27.9. The predicted molar refractivity (Wildman–Crippen MR) is 164 cm³/mol. The van der Waals surface area contributed by atoms with Gasteiger partial charge in [0.25, 0.3) is 0 Å². The number of pyridine rings is 2. The highest BCUT2D eigenvalue weighted by Crippen LogP contribution is 2.32. The Hall–Kier alpha value is -5.21. The summed E-state index contributed by atoms with van der Waals surface area (Å²) in [5.74, 6) is 1.13. The number of benzene rings is 3. The first-order valence-electron chi connectivity index (χ1n) is 12.5. The first-order chi connectivity index (χ1) is 19.5. The number of hydrogen-bond donors (Lipinski definition) is 4. The van der Waals surface area contributed by atoms with E-state index in [0.717, 1.165) is 22.3 Å². The lowest BCUT2D eigenvalue weighted by Crippen LogP contribution is -2.19. The van der Waals surface area contributed by atoms with Gasteiger partial charge in [-0.05, 0) is 59.2 Å². The second kappa shape index (κ2) is 12.1. The van der Waals surface area contributed by atoms with Crippen molar-refractivity contribution in [2.75, 3.05) is 16.4 Å². The molecule has 5 N–H and O–H groups in total. The number of urea groups is 1. The molecule has 0 saturated heterocycles. The third-order valence-electron chi connectivity index (χ3n) is 6.22. The quantitative estimate of drug-likeness (QED) is 0.150. The van der Waals surface area contributed by atoms with E-state index in [9.17, 15) is 4.79 Å². The van der Waals surface area contributed by atoms with Crippen LogP contribution < -0.4 is 21.1 Å². The normalized spacial score (nSPS) is 10.5. The van der Waals surface area contributed by atoms with E-state index >= 15 is 0 Å². The summed E-state index contributed by atoms with van der Waals surface area (Å²) in [5.41, 5.74) is 12.3. The van der Waals surface area contributed by atoms with E-state index in [1.807, 2.05) is 72.8 Å². The van der Waals surface area contributed by atoms with Crippen LogP contribution >= 0.6 is 12.2 Å². The number of amides is 2. The minimum Gasteiger partial charge on any atom is -0.489 e. The molecule has 0 radical (unpaired) electrons. The van der Waals surface area contributed by atoms with Crippen molar-refractivity contribution in [1.82, 2.24) is 9.97 Å². The van der Waals surface area contributed by atoms with Crippen LogP contribution in [0.3, 0.4) is 0 Å². The standard InChI is InChI=1S/C32H27N5O2S/c1-21(29-30(40)28(19-35-31(29)33)24-10-6-16-34-18-24)23-9-5-11-26(17-23)37-32(38)36-25-12-14-27(15-13-25)39-20-22-7-3-2-4-8-22/h2-19H,1,20H2,(H3,33,35,40)(H2,36,37,38). The summed E-state index contributed by atoms with van der Waals surface area (Å²) in [6.07, 6.45) is 5.23. The van der Waals surface area contributed by atoms with Crippen molar-refractivity contribution in [2.45, 2.75) is 6.61 Å². The molecule has 7 nitrogen and oxygen atoms in total. The summed E-state index contributed by atoms with van der Waals surface area (Å²) < 4.78 is 6.38. The van der Waals surface area contributed by atoms with Gasteiger partial charge in [0.15, 0.2) is 0 Å². The predicted octanol–water partition coefficient (Wildman–Crippen LogP) is 7.67. The van der Waals surface area contributed by atoms with E-state index in [-0.39, 0.29) is 6.03 Å². The van der Waals surface area contributed by atoms with Crippen LogP contribution in [0.5, 0.6) is 5.75 Å². The highest BCUT2D eigenvalue weighted by atomic mass is 32.1. The molecule has 0 saturated carbocycles. The summed E-state index contributed by atoms with van der Waals surface area (Å²) >= 11 is 5.79. The van der Waals surface area contributed by atoms with Crippen molar-refractivity contribution in [3.05, 3.63) is 137 Å². The van der Waals surface area contributed by atoms with Crippen LogP contribution in [0.1, 0.15) is 16.7 Å². The lowest BCUT2D eigenvalue weighted by atomic mass is 9.97. The van der Waals surface area contributed by atoms with Gasteiger partial charge < -0.3 is 26.1 Å². The molecule has 0 aliphatic rings. The smallest absolute Gasteiger partial charge is 0.323 e. The van der Waals surface area contributed by atoms with Gasteiger partial charge in [-0.15, -0.1) is 0 Å². The summed E-state index contributed by atoms with van der Waals surface area (Å²) in [4.78, 5) is 20.0. The number of aromatic amines is 1. The van der Waals surface area contributed by atoms with Crippen molar-refractivity contribution in [3.63, 3.8) is 0 Å². The first kappa shape index (κ1) is 26.4. The number of nitrogens with two attached hydrogens (primary N) is 1. The number of H-pyrrole nitrogens is 1. The Bertz CT molecular complexity index is 1700. The number of hydrogen-bond acceptors (Lipinski definition) is 5. The zero-order valence-corrected chi connectivity index (χ0v) is 22.4. The van der Waals surface area contributed by atoms with Crippen LogP contribution in [0.4, 0.5) is 22.0 Å². The van der Waals surface area contributed by atoms with E-state index in [1.165, 1.54) is 0 Å². The van der Waals surface area contributed by atoms with Gasteiger partial charge in [0, 0.05) is 46.7 Å². The molecule has 2 amide bonds. The Morgan fingerprint density at radius 3 is 2.48 bits per heavy atom. The molecule has 198 valence electrons. The number of aromatic nitrogens is 2. The highest BCUT2D eigenvalue weighted by molar-refractivity contribution is 7.71. The molecule has 0 spiro atoms. The van der Waals surface area contributed by atoms with Crippen LogP contribution in [0, 0.1) is 4.51 Å². The van der Waals surface area contributed by atoms with Gasteiger partial charge in [0.05, 0.1) is 4.51 Å². The molecule has 0 aliphatic carbocycles. The van der Waals surface area contributed by atoms with E-state index in [2.05, 4.69) is 27.2 Å². The van der Waals surface area contributed by atoms with Gasteiger partial charge in [0.1, 0.15) is 18.2 Å². The molecule has 0 bridgehead atoms. The van der Waals surface area contributed by atoms with Gasteiger partial charge in [-0.3, -0.25) is 4.98 Å². The van der Waals surface area contributed by atoms with Crippen LogP contribution in [-0.2, 0) is 6.61 Å². The minimum atomic E-state index is -0.379. The molecular formula is C32H27N5O2S. The van der Waals surface area contributed by atoms with Crippen molar-refractivity contribution in [3.8, 4) is 16.9 Å². The molecule has 8 heteroatoms. The largest absolute Gasteiger partial charge is 0.489 e. The van der Waals surface area contributed by atoms with Crippen molar-refractivity contribution in [2.24, 2.45) is 0 Å². The number of nitrogen functional groups attached to an aromatic ring is 1. The molecule has 2 heterocycles. The van der Waals surface area contributed by atoms with Crippen molar-refractivity contribution in [1.29, 1.82) is 0 Å². The number of ether oxygens (including phenoxy) is 1. The van der Waals surface area contributed by atoms with E-state index in [0.29, 0.717) is 45.2 Å². The monoisotopic (exact) mass is 545 g/mol. The van der Waals surface area contributed by atoms with Crippen LogP contribution in [0.25, 0.3) is 16.7 Å². The van der Waals surface area contributed by atoms with E-state index in [4.69, 9.17) is 22.7 Å². The highest BCUT2D eigenvalue weighted by Gasteiger charge is 2.14. The fourth-order valence-electron chi connectivity index (χ4n) is 4.18. The third kappa shape index (κ3) is 6.25. The lowest BCUT2D eigenvalue weighted by Gasteiger charge is -2.14. The van der Waals surface area contributed by atoms with Crippen LogP contribution in [0.15, 0.2) is 116 Å². The van der Waals surface area contributed by atoms with Gasteiger partial charge in [0.2, 0.25) is 0 Å². The lowest BCUT2D eigenvalue weighted by molar-refractivity contribution is 0.262. The Morgan fingerprint density at radius 1 is 0.950 bits per heavy atom. The van der Waals surface area contributed by atoms with Gasteiger partial charge in [-0.1, -0.05) is 67.3 Å². The summed E-state index contributed by atoms with van der Waals surface area (Å²) in [6, 6.07) is 27.9. The number of carbonyl (C=O) groups is 1. The topological polar surface area (TPSA) is 105 Å². The molecule has 0 unspecified atom stereocenters. The molecule has 0 atom stereocenters. The van der Waals surface area contributed by atoms with Crippen molar-refractivity contribution < 1.29 is 9.53 Å². The van der Waals surface area contributed by atoms with Gasteiger partial charge >= 0.3 is 6.03 Å². The maximum Gasteiger partial charge on any atom is 0.323 e. The average Bonchev–Trinajstić information content (AvgIpc) is 2.98. The second-order valence-electron chi connectivity index (χ2n) is 9.00. The summed E-state index contributed by atoms with van der Waals surface area (Å²) in [5, 5.41) is 5.71. The Kier molecular flexibility index (Phi) is 7.99. The fourth-order valence-corrected chi connectivity index (χ4v) is 4.59. The fraction of sp³-hybridized carbons (Fsp3) is 0.0312. The molecule has 0 aliphatic heterocycles. The average molecular weight is 546 g/mol. The van der Waals surface area contributed by atoms with E-state index < -0.39 is 0 Å². The second-order valence-corrected chi connectivity index (χ2v) is 9.41. The minimum absolute atomic E-state index is 0.379. The van der Waals surface area contributed by atoms with Gasteiger partial charge in [-0.25, -0.2) is 4.79 Å². The third-order valence-corrected chi connectivity index (χ3v) is 6.64. The van der Waals surface area contributed by atoms with Crippen LogP contribution in [-0.4, -0.2) is 16.0 Å². The van der Waals surface area contributed by atoms with Gasteiger partial charge in [-0.2, -0.15) is 0 Å². The Morgan fingerprint density at radius 2 is 1.73 bits per heavy atom. The van der Waals surface area contributed by atoms with E-state index in [1.54, 1.807) is 36.8 Å². The number of rotatable bonds is 8. The summed E-state index contributed by atoms with van der Waals surface area (Å²) in [7, 11) is 0. The molecular weight excluding hydrogens is 518 g/mol. The Balaban J connectivity index is 1.25. The maximum atomic E-state index is 12.7. The molecule has 3 aromatic carbocycles. The SMILES string of the molecule is C=C(c1cccc(NC(=O)Nc2ccc(OCc3ccccc3)cc2)c1)c1c(N)[nH]cc(-c2cccnc2)c1=S. The van der Waals surface area contributed by atoms with Crippen LogP contribution in [0.2, 0.25) is 0 Å². The molecule has 5 rings (SSSR count). The summed E-state index contributed by atoms with van der Waals surface area (Å²) in [6.45, 7) is 4.73. The maximum absolute atomic E-state index is 12.7. The first-order valence-corrected chi connectivity index (χ1v) is 12.9. The number of nitrogens with zero attached hydrogens (tertiary/aromatic N) is 1. The number of anilines is 3. The molecule has 2 aromatic heterocycles. The number of nitrogens with one attached hydrogen (secondary N) is 3.